The third-order valence-electron chi connectivity index (χ3n) is 6.63. The molecular weight excluding hydrogens is 492 g/mol. The van der Waals surface area contributed by atoms with Crippen molar-refractivity contribution in [2.75, 3.05) is 31.6 Å². The van der Waals surface area contributed by atoms with Crippen LogP contribution in [0.25, 0.3) is 16.8 Å². The van der Waals surface area contributed by atoms with Crippen LogP contribution in [0.15, 0.2) is 66.7 Å². The number of benzene rings is 3. The van der Waals surface area contributed by atoms with Gasteiger partial charge in [-0.3, -0.25) is 4.90 Å². The van der Waals surface area contributed by atoms with Crippen LogP contribution >= 0.6 is 0 Å². The lowest BCUT2D eigenvalue weighted by atomic mass is 9.98. The van der Waals surface area contributed by atoms with Crippen molar-refractivity contribution in [3.05, 3.63) is 77.9 Å². The minimum absolute atomic E-state index is 0.239. The monoisotopic (exact) mass is 530 g/mol. The fourth-order valence-electron chi connectivity index (χ4n) is 4.82. The molecule has 2 atom stereocenters. The molecule has 0 aliphatic carbocycles. The molecule has 0 saturated carbocycles. The number of hydrogen-bond donors (Lipinski definition) is 0. The van der Waals surface area contributed by atoms with Crippen molar-refractivity contribution in [3.63, 3.8) is 0 Å². The Balaban J connectivity index is 1.58. The molecule has 1 aliphatic heterocycles. The van der Waals surface area contributed by atoms with E-state index in [1.807, 2.05) is 71.1 Å². The number of fused-ring (bicyclic) bond motifs is 2. The first-order valence-corrected chi connectivity index (χ1v) is 13.4. The molecule has 0 aromatic heterocycles. The van der Waals surface area contributed by atoms with Crippen LogP contribution in [0.2, 0.25) is 0 Å². The quantitative estimate of drug-likeness (QED) is 0.253. The van der Waals surface area contributed by atoms with Crippen LogP contribution in [0.1, 0.15) is 51.8 Å². The van der Waals surface area contributed by atoms with Crippen molar-refractivity contribution in [2.24, 2.45) is 0 Å². The van der Waals surface area contributed by atoms with E-state index in [2.05, 4.69) is 29.2 Å². The molecule has 1 amide bonds. The van der Waals surface area contributed by atoms with Crippen LogP contribution in [0.4, 0.5) is 10.5 Å². The minimum atomic E-state index is -0.627. The van der Waals surface area contributed by atoms with Crippen molar-refractivity contribution in [1.29, 1.82) is 0 Å². The van der Waals surface area contributed by atoms with E-state index in [1.165, 1.54) is 6.08 Å². The summed E-state index contributed by atoms with van der Waals surface area (Å²) in [6.07, 6.45) is 2.51. The second kappa shape index (κ2) is 11.8. The maximum Gasteiger partial charge on any atom is 0.410 e. The molecule has 1 heterocycles. The van der Waals surface area contributed by atoms with Crippen molar-refractivity contribution >= 4 is 34.6 Å². The fourth-order valence-corrected chi connectivity index (χ4v) is 4.82. The van der Waals surface area contributed by atoms with Gasteiger partial charge in [0.2, 0.25) is 0 Å². The summed E-state index contributed by atoms with van der Waals surface area (Å²) in [5.74, 6) is 0.353. The van der Waals surface area contributed by atoms with Gasteiger partial charge in [-0.2, -0.15) is 0 Å². The molecular formula is C32H38N2O5. The number of carbonyl (C=O) groups excluding carboxylic acids is 2. The van der Waals surface area contributed by atoms with Gasteiger partial charge in [0, 0.05) is 13.1 Å². The third-order valence-corrected chi connectivity index (χ3v) is 6.63. The normalized spacial score (nSPS) is 15.9. The number of hydrogen-bond acceptors (Lipinski definition) is 6. The summed E-state index contributed by atoms with van der Waals surface area (Å²) < 4.78 is 17.2. The summed E-state index contributed by atoms with van der Waals surface area (Å²) in [4.78, 5) is 29.1. The number of ether oxygens (including phenoxy) is 3. The van der Waals surface area contributed by atoms with E-state index >= 15 is 0 Å². The van der Waals surface area contributed by atoms with Gasteiger partial charge in [-0.25, -0.2) is 9.59 Å². The Bertz CT molecular complexity index is 1350. The fraction of sp³-hybridized carbons (Fsp3) is 0.375. The second-order valence-corrected chi connectivity index (χ2v) is 10.8. The van der Waals surface area contributed by atoms with Gasteiger partial charge in [-0.1, -0.05) is 48.5 Å². The molecule has 3 aromatic rings. The predicted molar refractivity (Wildman–Crippen MR) is 155 cm³/mol. The van der Waals surface area contributed by atoms with Gasteiger partial charge in [0.05, 0.1) is 31.4 Å². The lowest BCUT2D eigenvalue weighted by Gasteiger charge is -2.39. The lowest BCUT2D eigenvalue weighted by Crippen LogP contribution is -2.48. The molecule has 0 radical (unpaired) electrons. The molecule has 4 rings (SSSR count). The molecule has 206 valence electrons. The zero-order chi connectivity index (χ0) is 28.2. The molecule has 0 spiro atoms. The average molecular weight is 531 g/mol. The molecule has 0 fully saturated rings. The number of likely N-dealkylation sites (N-methyl/N-ethyl adjacent to an activating group) is 1. The molecule has 7 nitrogen and oxygen atoms in total. The lowest BCUT2D eigenvalue weighted by molar-refractivity contribution is -0.137. The van der Waals surface area contributed by atoms with Crippen LogP contribution in [-0.4, -0.2) is 55.4 Å². The summed E-state index contributed by atoms with van der Waals surface area (Å²) in [6, 6.07) is 19.9. The smallest absolute Gasteiger partial charge is 0.410 e. The Labute approximate surface area is 230 Å². The van der Waals surface area contributed by atoms with Crippen LogP contribution < -0.4 is 9.64 Å². The standard InChI is InChI=1S/C32H38N2O5/c1-7-37-30(35)18-16-23-15-17-29-28(19-23)33(6)20-25(38-29)21-34(31(36)39-32(3,4)5)22(2)26-14-10-12-24-11-8-9-13-27(24)26/h8-19,22,25H,7,20-21H2,1-6H3/b18-16+/t22-,25?/m1/s1. The summed E-state index contributed by atoms with van der Waals surface area (Å²) >= 11 is 0. The molecule has 7 heteroatoms. The van der Waals surface area contributed by atoms with E-state index in [9.17, 15) is 9.59 Å². The number of rotatable bonds is 7. The Morgan fingerprint density at radius 2 is 1.87 bits per heavy atom. The van der Waals surface area contributed by atoms with Crippen molar-refractivity contribution in [1.82, 2.24) is 4.90 Å². The van der Waals surface area contributed by atoms with Crippen molar-refractivity contribution in [3.8, 4) is 5.75 Å². The summed E-state index contributed by atoms with van der Waals surface area (Å²) in [6.45, 7) is 10.7. The van der Waals surface area contributed by atoms with Crippen LogP contribution in [0.3, 0.4) is 0 Å². The Hall–Kier alpha value is -4.00. The van der Waals surface area contributed by atoms with Gasteiger partial charge in [-0.05, 0) is 74.7 Å². The van der Waals surface area contributed by atoms with Gasteiger partial charge in [-0.15, -0.1) is 0 Å². The number of carbonyl (C=O) groups is 2. The van der Waals surface area contributed by atoms with Crippen molar-refractivity contribution in [2.45, 2.75) is 52.4 Å². The third kappa shape index (κ3) is 6.91. The number of anilines is 1. The van der Waals surface area contributed by atoms with Gasteiger partial charge < -0.3 is 19.1 Å². The molecule has 0 bridgehead atoms. The minimum Gasteiger partial charge on any atom is -0.485 e. The Morgan fingerprint density at radius 1 is 1.13 bits per heavy atom. The molecule has 0 N–H and O–H groups in total. The van der Waals surface area contributed by atoms with E-state index < -0.39 is 5.60 Å². The van der Waals surface area contributed by atoms with E-state index in [0.717, 1.165) is 33.3 Å². The first-order valence-electron chi connectivity index (χ1n) is 13.4. The molecule has 39 heavy (non-hydrogen) atoms. The van der Waals surface area contributed by atoms with Gasteiger partial charge >= 0.3 is 12.1 Å². The van der Waals surface area contributed by atoms with Crippen LogP contribution in [-0.2, 0) is 14.3 Å². The van der Waals surface area contributed by atoms with E-state index in [0.29, 0.717) is 19.7 Å². The average Bonchev–Trinajstić information content (AvgIpc) is 2.89. The van der Waals surface area contributed by atoms with Gasteiger partial charge in [0.15, 0.2) is 0 Å². The van der Waals surface area contributed by atoms with E-state index in [4.69, 9.17) is 14.2 Å². The van der Waals surface area contributed by atoms with E-state index in [-0.39, 0.29) is 24.2 Å². The maximum atomic E-state index is 13.5. The van der Waals surface area contributed by atoms with Crippen LogP contribution in [0, 0.1) is 0 Å². The molecule has 1 aliphatic rings. The predicted octanol–water partition coefficient (Wildman–Crippen LogP) is 6.61. The van der Waals surface area contributed by atoms with Gasteiger partial charge in [0.25, 0.3) is 0 Å². The van der Waals surface area contributed by atoms with Crippen molar-refractivity contribution < 1.29 is 23.8 Å². The highest BCUT2D eigenvalue weighted by Gasteiger charge is 2.33. The zero-order valence-corrected chi connectivity index (χ0v) is 23.6. The summed E-state index contributed by atoms with van der Waals surface area (Å²) in [5, 5.41) is 2.23. The number of nitrogens with zero attached hydrogens (tertiary/aromatic N) is 2. The van der Waals surface area contributed by atoms with E-state index in [1.54, 1.807) is 17.9 Å². The highest BCUT2D eigenvalue weighted by Crippen LogP contribution is 2.35. The SMILES string of the molecule is CCOC(=O)/C=C/c1ccc2c(c1)N(C)CC(CN(C(=O)OC(C)(C)C)[C@H](C)c1cccc3ccccc13)O2. The largest absolute Gasteiger partial charge is 0.485 e. The molecule has 0 saturated heterocycles. The van der Waals surface area contributed by atoms with Gasteiger partial charge in [0.1, 0.15) is 17.5 Å². The molecule has 3 aromatic carbocycles. The number of esters is 1. The Morgan fingerprint density at radius 3 is 2.62 bits per heavy atom. The zero-order valence-electron chi connectivity index (χ0n) is 23.6. The summed E-state index contributed by atoms with van der Waals surface area (Å²) in [5.41, 5.74) is 2.22. The van der Waals surface area contributed by atoms with Crippen LogP contribution in [0.5, 0.6) is 5.75 Å². The highest BCUT2D eigenvalue weighted by molar-refractivity contribution is 5.88. The maximum absolute atomic E-state index is 13.5. The first-order chi connectivity index (χ1) is 18.6. The highest BCUT2D eigenvalue weighted by atomic mass is 16.6. The Kier molecular flexibility index (Phi) is 8.48. The number of amides is 1. The topological polar surface area (TPSA) is 68.3 Å². The second-order valence-electron chi connectivity index (χ2n) is 10.8. The first kappa shape index (κ1) is 28.0. The summed E-state index contributed by atoms with van der Waals surface area (Å²) in [7, 11) is 2.00. The molecule has 1 unspecified atom stereocenters.